The molecule has 0 bridgehead atoms. The van der Waals surface area contributed by atoms with Crippen molar-refractivity contribution < 1.29 is 14.2 Å². The summed E-state index contributed by atoms with van der Waals surface area (Å²) in [7, 11) is 3.27. The number of rotatable bonds is 6. The minimum Gasteiger partial charge on any atom is -0.493 e. The second-order valence-corrected chi connectivity index (χ2v) is 7.52. The smallest absolute Gasteiger partial charge is 0.179 e. The quantitative estimate of drug-likeness (QED) is 0.679. The Kier molecular flexibility index (Phi) is 5.49. The van der Waals surface area contributed by atoms with Gasteiger partial charge >= 0.3 is 0 Å². The first-order chi connectivity index (χ1) is 13.3. The standard InChI is InChI=1S/C18H25N5O3S/c1-24-15-4-3-13(9-16(15)25-2)19-10-14-11-20-18-23(14)22-17(27-18)21-12-5-7-26-8-6-12/h3-4,9,11-12,18-20H,5-8,10H2,1-2H3,(H,21,22). The van der Waals surface area contributed by atoms with Crippen LogP contribution in [0.5, 0.6) is 11.5 Å². The van der Waals surface area contributed by atoms with E-state index in [1.54, 1.807) is 26.0 Å². The highest BCUT2D eigenvalue weighted by Gasteiger charge is 2.35. The average Bonchev–Trinajstić information content (AvgIpc) is 3.27. The van der Waals surface area contributed by atoms with Crippen molar-refractivity contribution >= 4 is 22.6 Å². The maximum absolute atomic E-state index is 5.41. The third-order valence-corrected chi connectivity index (χ3v) is 5.71. The molecule has 3 heterocycles. The Bertz CT molecular complexity index is 736. The molecule has 3 N–H and O–H groups in total. The van der Waals surface area contributed by atoms with Crippen LogP contribution in [0.25, 0.3) is 0 Å². The third-order valence-electron chi connectivity index (χ3n) is 4.72. The molecule has 0 amide bonds. The summed E-state index contributed by atoms with van der Waals surface area (Å²) < 4.78 is 16.1. The number of nitrogens with zero attached hydrogens (tertiary/aromatic N) is 2. The van der Waals surface area contributed by atoms with E-state index in [1.165, 1.54) is 0 Å². The molecule has 1 atom stereocenters. The lowest BCUT2D eigenvalue weighted by molar-refractivity contribution is 0.0870. The highest BCUT2D eigenvalue weighted by molar-refractivity contribution is 8.14. The van der Waals surface area contributed by atoms with Crippen molar-refractivity contribution in [3.8, 4) is 11.5 Å². The molecule has 8 nitrogen and oxygen atoms in total. The van der Waals surface area contributed by atoms with Gasteiger partial charge in [-0.2, -0.15) is 0 Å². The summed E-state index contributed by atoms with van der Waals surface area (Å²) in [6, 6.07) is 6.16. The first-order valence-electron chi connectivity index (χ1n) is 9.06. The largest absolute Gasteiger partial charge is 0.493 e. The molecule has 2 saturated heterocycles. The number of nitrogens with one attached hydrogen (secondary N) is 3. The van der Waals surface area contributed by atoms with Crippen LogP contribution in [-0.2, 0) is 4.74 Å². The van der Waals surface area contributed by atoms with Gasteiger partial charge in [0.05, 0.1) is 32.5 Å². The molecular weight excluding hydrogens is 366 g/mol. The van der Waals surface area contributed by atoms with Crippen molar-refractivity contribution in [2.45, 2.75) is 24.4 Å². The number of thioether (sulfide) groups is 1. The molecule has 2 fully saturated rings. The Balaban J connectivity index is 1.35. The molecule has 4 rings (SSSR count). The Labute approximate surface area is 163 Å². The number of fused-ring (bicyclic) bond motifs is 1. The van der Waals surface area contributed by atoms with E-state index >= 15 is 0 Å². The second kappa shape index (κ2) is 8.18. The van der Waals surface area contributed by atoms with Gasteiger partial charge in [0.25, 0.3) is 0 Å². The average molecular weight is 391 g/mol. The van der Waals surface area contributed by atoms with Crippen molar-refractivity contribution in [1.82, 2.24) is 15.8 Å². The summed E-state index contributed by atoms with van der Waals surface area (Å²) in [5.41, 5.74) is 5.66. The molecule has 3 aliphatic heterocycles. The van der Waals surface area contributed by atoms with Gasteiger partial charge in [0, 0.05) is 31.2 Å². The molecule has 1 aromatic rings. The van der Waals surface area contributed by atoms with Crippen LogP contribution in [0.15, 0.2) is 35.1 Å². The molecule has 146 valence electrons. The van der Waals surface area contributed by atoms with Crippen LogP contribution in [-0.4, -0.2) is 55.7 Å². The SMILES string of the molecule is COc1ccc(NCC2=CNC3SC(=NC4CCOCC4)NN23)cc1OC. The number of hydrazine groups is 1. The fourth-order valence-electron chi connectivity index (χ4n) is 3.23. The van der Waals surface area contributed by atoms with E-state index in [2.05, 4.69) is 21.1 Å². The van der Waals surface area contributed by atoms with Gasteiger partial charge in [-0.05, 0) is 36.7 Å². The van der Waals surface area contributed by atoms with E-state index in [0.717, 1.165) is 48.4 Å². The molecule has 1 unspecified atom stereocenters. The van der Waals surface area contributed by atoms with E-state index < -0.39 is 0 Å². The maximum atomic E-state index is 5.41. The van der Waals surface area contributed by atoms with Gasteiger partial charge in [0.2, 0.25) is 0 Å². The number of ether oxygens (including phenoxy) is 3. The summed E-state index contributed by atoms with van der Waals surface area (Å²) >= 11 is 1.71. The molecular formula is C18H25N5O3S. The minimum absolute atomic E-state index is 0.144. The Morgan fingerprint density at radius 2 is 2.07 bits per heavy atom. The van der Waals surface area contributed by atoms with Crippen molar-refractivity contribution in [2.75, 3.05) is 39.3 Å². The molecule has 1 aromatic carbocycles. The van der Waals surface area contributed by atoms with Gasteiger partial charge in [-0.3, -0.25) is 15.4 Å². The molecule has 27 heavy (non-hydrogen) atoms. The Morgan fingerprint density at radius 1 is 1.26 bits per heavy atom. The topological polar surface area (TPSA) is 79.4 Å². The van der Waals surface area contributed by atoms with E-state index in [9.17, 15) is 0 Å². The van der Waals surface area contributed by atoms with Crippen molar-refractivity contribution in [1.29, 1.82) is 0 Å². The zero-order valence-corrected chi connectivity index (χ0v) is 16.3. The van der Waals surface area contributed by atoms with E-state index in [1.807, 2.05) is 24.4 Å². The predicted octanol–water partition coefficient (Wildman–Crippen LogP) is 1.93. The van der Waals surface area contributed by atoms with E-state index in [4.69, 9.17) is 19.2 Å². The Morgan fingerprint density at radius 3 is 2.85 bits per heavy atom. The molecule has 0 radical (unpaired) electrons. The monoisotopic (exact) mass is 391 g/mol. The lowest BCUT2D eigenvalue weighted by Crippen LogP contribution is -2.39. The van der Waals surface area contributed by atoms with Gasteiger partial charge in [-0.15, -0.1) is 0 Å². The maximum Gasteiger partial charge on any atom is 0.179 e. The molecule has 9 heteroatoms. The third kappa shape index (κ3) is 4.03. The van der Waals surface area contributed by atoms with Gasteiger partial charge in [0.15, 0.2) is 22.2 Å². The number of hydrogen-bond acceptors (Lipinski definition) is 8. The number of anilines is 1. The van der Waals surface area contributed by atoms with Crippen LogP contribution in [0.1, 0.15) is 12.8 Å². The van der Waals surface area contributed by atoms with Gasteiger partial charge in [-0.1, -0.05) is 0 Å². The zero-order chi connectivity index (χ0) is 18.6. The lowest BCUT2D eigenvalue weighted by Gasteiger charge is -2.21. The number of amidine groups is 1. The second-order valence-electron chi connectivity index (χ2n) is 6.46. The highest BCUT2D eigenvalue weighted by Crippen LogP contribution is 2.31. The Hall–Kier alpha value is -2.26. The molecule has 3 aliphatic rings. The van der Waals surface area contributed by atoms with Crippen LogP contribution >= 0.6 is 11.8 Å². The fourth-order valence-corrected chi connectivity index (χ4v) is 4.23. The van der Waals surface area contributed by atoms with Gasteiger partial charge in [-0.25, -0.2) is 0 Å². The van der Waals surface area contributed by atoms with Gasteiger partial charge in [0.1, 0.15) is 0 Å². The minimum atomic E-state index is 0.144. The molecule has 0 spiro atoms. The summed E-state index contributed by atoms with van der Waals surface area (Å²) in [6.07, 6.45) is 4.02. The van der Waals surface area contributed by atoms with Crippen LogP contribution in [0, 0.1) is 0 Å². The van der Waals surface area contributed by atoms with Crippen molar-refractivity contribution in [3.63, 3.8) is 0 Å². The summed E-state index contributed by atoms with van der Waals surface area (Å²) in [5.74, 6) is 1.43. The first-order valence-corrected chi connectivity index (χ1v) is 9.94. The van der Waals surface area contributed by atoms with E-state index in [-0.39, 0.29) is 5.50 Å². The first kappa shape index (κ1) is 18.1. The normalized spacial score (nSPS) is 23.5. The molecule has 0 aliphatic carbocycles. The highest BCUT2D eigenvalue weighted by atomic mass is 32.2. The fraction of sp³-hybridized carbons (Fsp3) is 0.500. The molecule has 0 aromatic heterocycles. The van der Waals surface area contributed by atoms with Crippen LogP contribution < -0.4 is 25.5 Å². The summed E-state index contributed by atoms with van der Waals surface area (Å²) in [5, 5.41) is 9.91. The zero-order valence-electron chi connectivity index (χ0n) is 15.5. The van der Waals surface area contributed by atoms with E-state index in [0.29, 0.717) is 18.3 Å². The van der Waals surface area contributed by atoms with Gasteiger partial charge < -0.3 is 24.8 Å². The predicted molar refractivity (Wildman–Crippen MR) is 107 cm³/mol. The van der Waals surface area contributed by atoms with Crippen molar-refractivity contribution in [3.05, 3.63) is 30.1 Å². The van der Waals surface area contributed by atoms with Crippen molar-refractivity contribution in [2.24, 2.45) is 4.99 Å². The number of methoxy groups -OCH3 is 2. The number of hydrogen-bond donors (Lipinski definition) is 3. The van der Waals surface area contributed by atoms with Crippen LogP contribution in [0.2, 0.25) is 0 Å². The lowest BCUT2D eigenvalue weighted by atomic mass is 10.1. The number of aliphatic imine (C=N–C) groups is 1. The van der Waals surface area contributed by atoms with Crippen LogP contribution in [0.3, 0.4) is 0 Å². The summed E-state index contributed by atoms with van der Waals surface area (Å²) in [4.78, 5) is 4.84. The summed E-state index contributed by atoms with van der Waals surface area (Å²) in [6.45, 7) is 2.28. The van der Waals surface area contributed by atoms with Crippen LogP contribution in [0.4, 0.5) is 5.69 Å². The molecule has 0 saturated carbocycles. The number of benzene rings is 1.